The molecule has 0 aliphatic carbocycles. The van der Waals surface area contributed by atoms with Crippen molar-refractivity contribution in [1.82, 2.24) is 5.32 Å². The van der Waals surface area contributed by atoms with Gasteiger partial charge in [-0.2, -0.15) is 0 Å². The summed E-state index contributed by atoms with van der Waals surface area (Å²) in [7, 11) is 0. The van der Waals surface area contributed by atoms with E-state index in [1.807, 2.05) is 0 Å². The number of allylic oxidation sites excluding steroid dienone is 1. The van der Waals surface area contributed by atoms with E-state index < -0.39 is 0 Å². The summed E-state index contributed by atoms with van der Waals surface area (Å²) >= 11 is 0. The van der Waals surface area contributed by atoms with Gasteiger partial charge in [0.05, 0.1) is 0 Å². The Bertz CT molecular complexity index is 252. The van der Waals surface area contributed by atoms with E-state index in [9.17, 15) is 0 Å². The molecule has 0 spiro atoms. The van der Waals surface area contributed by atoms with E-state index in [1.54, 1.807) is 0 Å². The Balaban J connectivity index is 3.64. The number of hydrogen-bond donors (Lipinski definition) is 1. The van der Waals surface area contributed by atoms with Crippen LogP contribution in [0.1, 0.15) is 86.5 Å². The first kappa shape index (κ1) is 19.7. The lowest BCUT2D eigenvalue weighted by atomic mass is 9.77. The van der Waals surface area contributed by atoms with Gasteiger partial charge in [0.25, 0.3) is 0 Å². The molecule has 0 rings (SSSR count). The maximum absolute atomic E-state index is 4.23. The van der Waals surface area contributed by atoms with Gasteiger partial charge in [0.15, 0.2) is 0 Å². The fourth-order valence-electron chi connectivity index (χ4n) is 2.59. The zero-order valence-electron chi connectivity index (χ0n) is 15.0. The van der Waals surface area contributed by atoms with Crippen LogP contribution in [0.2, 0.25) is 0 Å². The molecule has 20 heavy (non-hydrogen) atoms. The highest BCUT2D eigenvalue weighted by atomic mass is 14.9. The zero-order valence-corrected chi connectivity index (χ0v) is 15.0. The Morgan fingerprint density at radius 2 is 1.70 bits per heavy atom. The summed E-state index contributed by atoms with van der Waals surface area (Å²) in [5.74, 6) is 0.858. The minimum absolute atomic E-state index is 0.324. The molecule has 0 bridgehead atoms. The van der Waals surface area contributed by atoms with Gasteiger partial charge in [-0.05, 0) is 43.6 Å². The Morgan fingerprint density at radius 3 is 2.25 bits per heavy atom. The van der Waals surface area contributed by atoms with Crippen LogP contribution >= 0.6 is 0 Å². The molecule has 1 heteroatoms. The van der Waals surface area contributed by atoms with Gasteiger partial charge >= 0.3 is 0 Å². The van der Waals surface area contributed by atoms with E-state index in [0.29, 0.717) is 11.5 Å². The first-order chi connectivity index (χ1) is 9.29. The first-order valence-corrected chi connectivity index (χ1v) is 8.71. The van der Waals surface area contributed by atoms with Crippen molar-refractivity contribution in [3.63, 3.8) is 0 Å². The molecule has 0 fully saturated rings. The predicted octanol–water partition coefficient (Wildman–Crippen LogP) is 5.95. The molecule has 0 aliphatic rings. The number of rotatable bonds is 12. The highest BCUT2D eigenvalue weighted by Gasteiger charge is 2.20. The van der Waals surface area contributed by atoms with Gasteiger partial charge in [-0.3, -0.25) is 0 Å². The second-order valence-corrected chi connectivity index (χ2v) is 7.44. The minimum atomic E-state index is 0.324. The fourth-order valence-corrected chi connectivity index (χ4v) is 2.59. The molecule has 1 atom stereocenters. The molecule has 1 nitrogen and oxygen atoms in total. The van der Waals surface area contributed by atoms with E-state index >= 15 is 0 Å². The monoisotopic (exact) mass is 281 g/mol. The molecule has 0 aromatic heterocycles. The Morgan fingerprint density at radius 1 is 1.05 bits per heavy atom. The van der Waals surface area contributed by atoms with Crippen LogP contribution in [0.4, 0.5) is 0 Å². The SMILES string of the molecule is C=C(CC)C(C)(C)CCC(C)CCCCCNC(C)C. The molecule has 0 amide bonds. The second kappa shape index (κ2) is 10.4. The van der Waals surface area contributed by atoms with Gasteiger partial charge in [-0.25, -0.2) is 0 Å². The average Bonchev–Trinajstić information content (AvgIpc) is 2.39. The zero-order chi connectivity index (χ0) is 15.6. The Labute approximate surface area is 128 Å². The molecule has 0 aliphatic heterocycles. The van der Waals surface area contributed by atoms with E-state index in [1.165, 1.54) is 50.6 Å². The molecule has 0 aromatic carbocycles. The predicted molar refractivity (Wildman–Crippen MR) is 93.2 cm³/mol. The lowest BCUT2D eigenvalue weighted by molar-refractivity contribution is 0.333. The van der Waals surface area contributed by atoms with Crippen molar-refractivity contribution in [1.29, 1.82) is 0 Å². The fraction of sp³-hybridized carbons (Fsp3) is 0.895. The summed E-state index contributed by atoms with van der Waals surface area (Å²) in [4.78, 5) is 0. The molecule has 0 saturated heterocycles. The van der Waals surface area contributed by atoms with Gasteiger partial charge in [-0.1, -0.05) is 73.0 Å². The summed E-state index contributed by atoms with van der Waals surface area (Å²) in [6.45, 7) is 19.2. The van der Waals surface area contributed by atoms with Crippen molar-refractivity contribution in [3.8, 4) is 0 Å². The van der Waals surface area contributed by atoms with Crippen molar-refractivity contribution in [2.45, 2.75) is 92.5 Å². The summed E-state index contributed by atoms with van der Waals surface area (Å²) < 4.78 is 0. The Kier molecular flexibility index (Phi) is 10.3. The van der Waals surface area contributed by atoms with Crippen molar-refractivity contribution < 1.29 is 0 Å². The van der Waals surface area contributed by atoms with E-state index in [0.717, 1.165) is 12.3 Å². The molecule has 0 aromatic rings. The molecule has 0 saturated carbocycles. The lowest BCUT2D eigenvalue weighted by Gasteiger charge is -2.28. The summed E-state index contributed by atoms with van der Waals surface area (Å²) in [6.07, 6.45) is 9.21. The van der Waals surface area contributed by atoms with Crippen molar-refractivity contribution in [3.05, 3.63) is 12.2 Å². The third-order valence-corrected chi connectivity index (χ3v) is 4.57. The van der Waals surface area contributed by atoms with Crippen LogP contribution in [-0.2, 0) is 0 Å². The number of nitrogens with one attached hydrogen (secondary N) is 1. The van der Waals surface area contributed by atoms with Crippen LogP contribution in [-0.4, -0.2) is 12.6 Å². The van der Waals surface area contributed by atoms with Crippen molar-refractivity contribution >= 4 is 0 Å². The van der Waals surface area contributed by atoms with Gasteiger partial charge in [0, 0.05) is 6.04 Å². The first-order valence-electron chi connectivity index (χ1n) is 8.71. The molecule has 1 N–H and O–H groups in total. The Hall–Kier alpha value is -0.300. The maximum Gasteiger partial charge on any atom is 0.00103 e. The van der Waals surface area contributed by atoms with Crippen LogP contribution < -0.4 is 5.32 Å². The van der Waals surface area contributed by atoms with E-state index in [4.69, 9.17) is 0 Å². The van der Waals surface area contributed by atoms with Crippen LogP contribution in [0.3, 0.4) is 0 Å². The van der Waals surface area contributed by atoms with Crippen molar-refractivity contribution in [2.24, 2.45) is 11.3 Å². The quantitative estimate of drug-likeness (QED) is 0.344. The van der Waals surface area contributed by atoms with Gasteiger partial charge in [0.2, 0.25) is 0 Å². The highest BCUT2D eigenvalue weighted by Crippen LogP contribution is 2.34. The minimum Gasteiger partial charge on any atom is -0.315 e. The highest BCUT2D eigenvalue weighted by molar-refractivity contribution is 5.05. The average molecular weight is 282 g/mol. The normalized spacial score (nSPS) is 13.8. The van der Waals surface area contributed by atoms with Gasteiger partial charge in [-0.15, -0.1) is 0 Å². The van der Waals surface area contributed by atoms with Crippen LogP contribution in [0, 0.1) is 11.3 Å². The summed E-state index contributed by atoms with van der Waals surface area (Å²) in [5, 5.41) is 3.49. The largest absolute Gasteiger partial charge is 0.315 e. The van der Waals surface area contributed by atoms with Gasteiger partial charge in [0.1, 0.15) is 0 Å². The van der Waals surface area contributed by atoms with E-state index in [2.05, 4.69) is 53.4 Å². The number of hydrogen-bond acceptors (Lipinski definition) is 1. The third-order valence-electron chi connectivity index (χ3n) is 4.57. The van der Waals surface area contributed by atoms with Crippen LogP contribution in [0.15, 0.2) is 12.2 Å². The number of unbranched alkanes of at least 4 members (excludes halogenated alkanes) is 2. The summed E-state index contributed by atoms with van der Waals surface area (Å²) in [6, 6.07) is 0.628. The maximum atomic E-state index is 4.23. The van der Waals surface area contributed by atoms with E-state index in [-0.39, 0.29) is 0 Å². The molecule has 0 radical (unpaired) electrons. The molecular weight excluding hydrogens is 242 g/mol. The molecule has 1 unspecified atom stereocenters. The lowest BCUT2D eigenvalue weighted by Crippen LogP contribution is -2.23. The second-order valence-electron chi connectivity index (χ2n) is 7.44. The summed E-state index contributed by atoms with van der Waals surface area (Å²) in [5.41, 5.74) is 1.73. The van der Waals surface area contributed by atoms with Gasteiger partial charge < -0.3 is 5.32 Å². The van der Waals surface area contributed by atoms with Crippen LogP contribution in [0.5, 0.6) is 0 Å². The smallest absolute Gasteiger partial charge is 0.00103 e. The van der Waals surface area contributed by atoms with Crippen molar-refractivity contribution in [2.75, 3.05) is 6.54 Å². The third kappa shape index (κ3) is 9.58. The van der Waals surface area contributed by atoms with Crippen LogP contribution in [0.25, 0.3) is 0 Å². The molecule has 0 heterocycles. The molecule has 120 valence electrons. The standard InChI is InChI=1S/C19H39N/c1-8-18(5)19(6,7)14-13-17(4)12-10-9-11-15-20-16(2)3/h16-17,20H,5,8-15H2,1-4,6-7H3. The molecular formula is C19H39N. The topological polar surface area (TPSA) is 12.0 Å².